The Hall–Kier alpha value is -4.05. The molecule has 0 saturated carbocycles. The number of carboxylic acid groups (broad SMARTS) is 1. The van der Waals surface area contributed by atoms with E-state index in [2.05, 4.69) is 123 Å². The highest BCUT2D eigenvalue weighted by atomic mass is 16.7. The zero-order valence-electron chi connectivity index (χ0n) is 47.3. The summed E-state index contributed by atoms with van der Waals surface area (Å²) in [5, 5.41) is 9.67. The number of hydrogen-bond acceptors (Lipinski definition) is 7. The largest absolute Gasteiger partial charge is 0.477 e. The van der Waals surface area contributed by atoms with E-state index in [4.69, 9.17) is 18.9 Å². The van der Waals surface area contributed by atoms with Crippen molar-refractivity contribution in [3.05, 3.63) is 109 Å². The van der Waals surface area contributed by atoms with Gasteiger partial charge in [-0.25, -0.2) is 4.79 Å². The Labute approximate surface area is 447 Å². The molecule has 0 fully saturated rings. The second-order valence-electron chi connectivity index (χ2n) is 20.2. The molecule has 416 valence electrons. The lowest BCUT2D eigenvalue weighted by molar-refractivity contribution is -0.870. The second kappa shape index (κ2) is 54.2. The van der Waals surface area contributed by atoms with E-state index in [0.717, 1.165) is 116 Å². The number of quaternary nitrogens is 1. The smallest absolute Gasteiger partial charge is 0.361 e. The molecule has 73 heavy (non-hydrogen) atoms. The van der Waals surface area contributed by atoms with Crippen LogP contribution < -0.4 is 0 Å². The third kappa shape index (κ3) is 55.5. The molecule has 0 rings (SSSR count). The van der Waals surface area contributed by atoms with Crippen molar-refractivity contribution in [2.75, 3.05) is 47.5 Å². The molecule has 1 N–H and O–H groups in total. The van der Waals surface area contributed by atoms with E-state index in [1.165, 1.54) is 70.6 Å². The number of carbonyl (C=O) groups is 3. The van der Waals surface area contributed by atoms with Gasteiger partial charge in [-0.05, 0) is 96.3 Å². The summed E-state index contributed by atoms with van der Waals surface area (Å²) in [6, 6.07) is 0. The number of allylic oxidation sites excluding steroid dienone is 18. The lowest BCUT2D eigenvalue weighted by Gasteiger charge is -2.25. The molecule has 0 amide bonds. The van der Waals surface area contributed by atoms with E-state index in [1.807, 2.05) is 21.1 Å². The molecule has 0 bridgehead atoms. The number of nitrogens with zero attached hydrogens (tertiary/aromatic N) is 1. The molecule has 0 aromatic carbocycles. The number of carboxylic acids is 1. The van der Waals surface area contributed by atoms with Crippen LogP contribution >= 0.6 is 0 Å². The highest BCUT2D eigenvalue weighted by Crippen LogP contribution is 2.15. The first kappa shape index (κ1) is 69.0. The van der Waals surface area contributed by atoms with Crippen molar-refractivity contribution < 1.29 is 42.9 Å². The van der Waals surface area contributed by atoms with Crippen LogP contribution in [0, 0.1) is 0 Å². The van der Waals surface area contributed by atoms with Gasteiger partial charge in [0.15, 0.2) is 6.10 Å². The van der Waals surface area contributed by atoms with Gasteiger partial charge in [-0.15, -0.1) is 0 Å². The minimum Gasteiger partial charge on any atom is -0.477 e. The number of carbonyl (C=O) groups excluding carboxylic acids is 2. The first-order chi connectivity index (χ1) is 35.6. The fourth-order valence-electron chi connectivity index (χ4n) is 7.54. The molecule has 2 atom stereocenters. The van der Waals surface area contributed by atoms with Crippen molar-refractivity contribution >= 4 is 17.9 Å². The summed E-state index contributed by atoms with van der Waals surface area (Å²) in [5.41, 5.74) is 0. The average molecular weight is 1020 g/mol. The summed E-state index contributed by atoms with van der Waals surface area (Å²) in [4.78, 5) is 37.3. The topological polar surface area (TPSA) is 108 Å². The summed E-state index contributed by atoms with van der Waals surface area (Å²) < 4.78 is 22.8. The minimum absolute atomic E-state index is 0.182. The van der Waals surface area contributed by atoms with Crippen molar-refractivity contribution in [1.82, 2.24) is 0 Å². The van der Waals surface area contributed by atoms with Crippen LogP contribution in [-0.2, 0) is 33.3 Å². The molecule has 0 saturated heterocycles. The number of esters is 2. The third-order valence-electron chi connectivity index (χ3n) is 12.0. The van der Waals surface area contributed by atoms with Crippen LogP contribution in [0.5, 0.6) is 0 Å². The Morgan fingerprint density at radius 3 is 1.18 bits per heavy atom. The maximum atomic E-state index is 12.8. The molecule has 0 aliphatic rings. The molecule has 0 spiro atoms. The number of unbranched alkanes of at least 4 members (excludes halogenated alkanes) is 19. The van der Waals surface area contributed by atoms with Gasteiger partial charge in [0.1, 0.15) is 13.2 Å². The molecule has 0 aromatic rings. The fourth-order valence-corrected chi connectivity index (χ4v) is 7.54. The number of aliphatic carboxylic acids is 1. The van der Waals surface area contributed by atoms with E-state index >= 15 is 0 Å². The molecule has 0 radical (unpaired) electrons. The van der Waals surface area contributed by atoms with Crippen LogP contribution in [0.4, 0.5) is 0 Å². The van der Waals surface area contributed by atoms with Crippen LogP contribution in [0.1, 0.15) is 219 Å². The van der Waals surface area contributed by atoms with E-state index < -0.39 is 24.3 Å². The molecule has 2 unspecified atom stereocenters. The first-order valence-electron chi connectivity index (χ1n) is 29.1. The fraction of sp³-hybridized carbons (Fsp3) is 0.672. The summed E-state index contributed by atoms with van der Waals surface area (Å²) >= 11 is 0. The van der Waals surface area contributed by atoms with Crippen LogP contribution in [0.2, 0.25) is 0 Å². The summed E-state index contributed by atoms with van der Waals surface area (Å²) in [6.07, 6.45) is 71.8. The third-order valence-corrected chi connectivity index (χ3v) is 12.0. The number of ether oxygens (including phenoxy) is 4. The van der Waals surface area contributed by atoms with Crippen LogP contribution in [0.3, 0.4) is 0 Å². The molecular formula is C64H108NO8+. The summed E-state index contributed by atoms with van der Waals surface area (Å²) in [5.74, 6) is -2.03. The quantitative estimate of drug-likeness (QED) is 0.0211. The van der Waals surface area contributed by atoms with Crippen molar-refractivity contribution in [3.8, 4) is 0 Å². The Morgan fingerprint density at radius 1 is 0.425 bits per heavy atom. The SMILES string of the molecule is CC/C=C\C/C=C\C/C=C\C/C=C\C/C=C\C/C=C\C/C=C\C/C=C\CCCCCCCCCCCCCCC(=O)OC(COC(=O)CCCCCCC/C=C\CCCC)COC(OCC[N+](C)(C)C)C(=O)O. The molecule has 9 nitrogen and oxygen atoms in total. The van der Waals surface area contributed by atoms with Crippen LogP contribution in [0.25, 0.3) is 0 Å². The maximum Gasteiger partial charge on any atom is 0.361 e. The molecule has 0 aliphatic carbocycles. The van der Waals surface area contributed by atoms with Gasteiger partial charge in [-0.1, -0.05) is 220 Å². The maximum absolute atomic E-state index is 12.8. The zero-order valence-corrected chi connectivity index (χ0v) is 47.3. The highest BCUT2D eigenvalue weighted by Gasteiger charge is 2.25. The van der Waals surface area contributed by atoms with Crippen molar-refractivity contribution in [1.29, 1.82) is 0 Å². The van der Waals surface area contributed by atoms with Crippen LogP contribution in [0.15, 0.2) is 109 Å². The van der Waals surface area contributed by atoms with Crippen molar-refractivity contribution in [3.63, 3.8) is 0 Å². The molecule has 0 heterocycles. The number of rotatable bonds is 52. The van der Waals surface area contributed by atoms with Gasteiger partial charge in [-0.2, -0.15) is 0 Å². The Bertz CT molecular complexity index is 1560. The Morgan fingerprint density at radius 2 is 0.781 bits per heavy atom. The van der Waals surface area contributed by atoms with Gasteiger partial charge in [0, 0.05) is 12.8 Å². The number of likely N-dealkylation sites (N-methyl/N-ethyl adjacent to an activating group) is 1. The van der Waals surface area contributed by atoms with Gasteiger partial charge in [0.25, 0.3) is 6.29 Å². The van der Waals surface area contributed by atoms with E-state index in [9.17, 15) is 19.5 Å². The molecule has 0 aliphatic heterocycles. The van der Waals surface area contributed by atoms with Crippen LogP contribution in [-0.4, -0.2) is 87.4 Å². The molecular weight excluding hydrogens is 911 g/mol. The minimum atomic E-state index is -1.52. The van der Waals surface area contributed by atoms with E-state index in [0.29, 0.717) is 17.4 Å². The van der Waals surface area contributed by atoms with Gasteiger partial charge in [0.05, 0.1) is 34.4 Å². The zero-order chi connectivity index (χ0) is 53.4. The van der Waals surface area contributed by atoms with E-state index in [-0.39, 0.29) is 38.6 Å². The Kier molecular flexibility index (Phi) is 51.2. The van der Waals surface area contributed by atoms with Gasteiger partial charge < -0.3 is 28.5 Å². The number of hydrogen-bond donors (Lipinski definition) is 1. The standard InChI is InChI=1S/C64H107NO8/c1-6-8-10-12-14-16-18-19-20-21-22-23-24-25-26-27-28-29-30-31-32-33-34-35-36-37-38-39-40-41-42-43-45-47-49-51-53-55-62(67)73-60(59-72-64(63(68)69)70-57-56-65(3,4)5)58-71-61(66)54-52-50-48-46-44-17-15-13-11-9-7-2/h8,10,13-16,19-20,22-23,25-26,28-29,31-32,34-35,60,64H,6-7,9,11-12,17-18,21,24,27,30,33,36-59H2,1-5H3/p+1/b10-8-,15-13-,16-14-,20-19-,23-22-,26-25-,29-28-,32-31-,35-34-. The second-order valence-corrected chi connectivity index (χ2v) is 20.2. The lowest BCUT2D eigenvalue weighted by Crippen LogP contribution is -2.40. The first-order valence-corrected chi connectivity index (χ1v) is 29.1. The Balaban J connectivity index is 4.11. The lowest BCUT2D eigenvalue weighted by atomic mass is 10.0. The highest BCUT2D eigenvalue weighted by molar-refractivity contribution is 5.71. The van der Waals surface area contributed by atoms with Crippen molar-refractivity contribution in [2.45, 2.75) is 232 Å². The normalized spacial score (nSPS) is 13.6. The predicted molar refractivity (Wildman–Crippen MR) is 308 cm³/mol. The molecule has 0 aromatic heterocycles. The van der Waals surface area contributed by atoms with Gasteiger partial charge in [0.2, 0.25) is 0 Å². The average Bonchev–Trinajstić information content (AvgIpc) is 3.36. The predicted octanol–water partition coefficient (Wildman–Crippen LogP) is 17.1. The summed E-state index contributed by atoms with van der Waals surface area (Å²) in [6.45, 7) is 4.69. The monoisotopic (exact) mass is 1020 g/mol. The summed E-state index contributed by atoms with van der Waals surface area (Å²) in [7, 11) is 5.95. The van der Waals surface area contributed by atoms with Gasteiger partial charge in [-0.3, -0.25) is 9.59 Å². The van der Waals surface area contributed by atoms with Gasteiger partial charge >= 0.3 is 17.9 Å². The molecule has 9 heteroatoms. The van der Waals surface area contributed by atoms with Crippen molar-refractivity contribution in [2.24, 2.45) is 0 Å². The van der Waals surface area contributed by atoms with E-state index in [1.54, 1.807) is 0 Å².